The van der Waals surface area contributed by atoms with Gasteiger partial charge in [0.2, 0.25) is 0 Å². The molecule has 0 aromatic carbocycles. The molecule has 4 nitrogen and oxygen atoms in total. The van der Waals surface area contributed by atoms with Crippen LogP contribution in [0, 0.1) is 33.5 Å². The fourth-order valence-corrected chi connectivity index (χ4v) is 6.96. The van der Waals surface area contributed by atoms with Gasteiger partial charge >= 0.3 is 11.9 Å². The zero-order valence-corrected chi connectivity index (χ0v) is 16.7. The fourth-order valence-electron chi connectivity index (χ4n) is 6.96. The largest absolute Gasteiger partial charge is 0.465 e. The van der Waals surface area contributed by atoms with Gasteiger partial charge in [-0.05, 0) is 68.6 Å². The first-order valence-corrected chi connectivity index (χ1v) is 9.92. The van der Waals surface area contributed by atoms with E-state index in [2.05, 4.69) is 27.7 Å². The van der Waals surface area contributed by atoms with Gasteiger partial charge in [-0.1, -0.05) is 27.7 Å². The van der Waals surface area contributed by atoms with Crippen molar-refractivity contribution in [2.24, 2.45) is 33.5 Å². The van der Waals surface area contributed by atoms with Crippen LogP contribution in [-0.4, -0.2) is 25.2 Å². The molecule has 3 saturated carbocycles. The van der Waals surface area contributed by atoms with E-state index in [-0.39, 0.29) is 22.8 Å². The molecule has 0 spiro atoms. The van der Waals surface area contributed by atoms with Gasteiger partial charge in [-0.25, -0.2) is 0 Å². The highest BCUT2D eigenvalue weighted by Crippen LogP contribution is 2.78. The van der Waals surface area contributed by atoms with Gasteiger partial charge in [0.05, 0.1) is 13.2 Å². The third kappa shape index (κ3) is 2.24. The molecular weight excluding hydrogens is 316 g/mol. The zero-order chi connectivity index (χ0) is 18.7. The lowest BCUT2D eigenvalue weighted by molar-refractivity contribution is -0.187. The van der Waals surface area contributed by atoms with Crippen LogP contribution in [0.5, 0.6) is 0 Å². The second-order valence-corrected chi connectivity index (χ2v) is 9.75. The predicted octanol–water partition coefficient (Wildman–Crippen LogP) is 4.36. The first-order valence-electron chi connectivity index (χ1n) is 9.92. The second kappa shape index (κ2) is 5.72. The van der Waals surface area contributed by atoms with Crippen LogP contribution >= 0.6 is 0 Å². The number of hydrogen-bond acceptors (Lipinski definition) is 4. The van der Waals surface area contributed by atoms with Crippen LogP contribution in [0.25, 0.3) is 0 Å². The number of esters is 2. The lowest BCUT2D eigenvalue weighted by Crippen LogP contribution is -2.55. The average molecular weight is 350 g/mol. The Morgan fingerprint density at radius 3 is 1.96 bits per heavy atom. The normalized spacial score (nSPS) is 40.4. The zero-order valence-electron chi connectivity index (χ0n) is 16.7. The summed E-state index contributed by atoms with van der Waals surface area (Å²) < 4.78 is 11.0. The molecule has 0 bridgehead atoms. The van der Waals surface area contributed by atoms with E-state index in [0.717, 1.165) is 19.3 Å². The van der Waals surface area contributed by atoms with Gasteiger partial charge in [0.25, 0.3) is 0 Å². The van der Waals surface area contributed by atoms with E-state index in [4.69, 9.17) is 9.47 Å². The van der Waals surface area contributed by atoms with Gasteiger partial charge in [0.15, 0.2) is 5.41 Å². The lowest BCUT2D eigenvalue weighted by Gasteiger charge is -2.48. The maximum Gasteiger partial charge on any atom is 0.324 e. The minimum atomic E-state index is -1.15. The summed E-state index contributed by atoms with van der Waals surface area (Å²) in [5.41, 5.74) is -1.26. The van der Waals surface area contributed by atoms with Gasteiger partial charge < -0.3 is 9.47 Å². The Bertz CT molecular complexity index is 562. The Morgan fingerprint density at radius 2 is 1.44 bits per heavy atom. The molecule has 4 heteroatoms. The van der Waals surface area contributed by atoms with Gasteiger partial charge in [-0.15, -0.1) is 0 Å². The third-order valence-electron chi connectivity index (χ3n) is 8.05. The number of carbonyl (C=O) groups is 2. The Labute approximate surface area is 152 Å². The van der Waals surface area contributed by atoms with Crippen LogP contribution in [0.4, 0.5) is 0 Å². The highest BCUT2D eigenvalue weighted by Gasteiger charge is 2.78. The topological polar surface area (TPSA) is 52.6 Å². The maximum atomic E-state index is 13.2. The average Bonchev–Trinajstić information content (AvgIpc) is 3.00. The molecule has 0 saturated heterocycles. The van der Waals surface area contributed by atoms with Crippen molar-refractivity contribution in [3.8, 4) is 0 Å². The molecule has 3 rings (SSSR count). The van der Waals surface area contributed by atoms with Gasteiger partial charge in [0, 0.05) is 5.41 Å². The number of rotatable bonds is 4. The van der Waals surface area contributed by atoms with Crippen molar-refractivity contribution < 1.29 is 19.1 Å². The van der Waals surface area contributed by atoms with Crippen molar-refractivity contribution in [2.45, 2.75) is 73.6 Å². The monoisotopic (exact) mass is 350 g/mol. The summed E-state index contributed by atoms with van der Waals surface area (Å²) in [6.45, 7) is 13.3. The van der Waals surface area contributed by atoms with Crippen LogP contribution in [-0.2, 0) is 19.1 Å². The molecule has 0 radical (unpaired) electrons. The molecule has 3 fully saturated rings. The first-order chi connectivity index (χ1) is 11.6. The van der Waals surface area contributed by atoms with Crippen molar-refractivity contribution in [3.63, 3.8) is 0 Å². The molecule has 3 aliphatic carbocycles. The summed E-state index contributed by atoms with van der Waals surface area (Å²) in [7, 11) is 0. The SMILES string of the molecule is CCOC(=O)C1(C(=O)OCC)CC[C@@]2(C)C[C@@H]3CC(C)(C)C[C@@H]3[C@@]12C. The quantitative estimate of drug-likeness (QED) is 0.558. The van der Waals surface area contributed by atoms with E-state index in [0.29, 0.717) is 31.5 Å². The molecule has 4 atom stereocenters. The summed E-state index contributed by atoms with van der Waals surface area (Å²) in [5, 5.41) is 0. The fraction of sp³-hybridized carbons (Fsp3) is 0.905. The molecule has 0 amide bonds. The van der Waals surface area contributed by atoms with Gasteiger partial charge in [0.1, 0.15) is 0 Å². The van der Waals surface area contributed by atoms with Crippen LogP contribution in [0.3, 0.4) is 0 Å². The smallest absolute Gasteiger partial charge is 0.324 e. The molecule has 0 aromatic rings. The van der Waals surface area contributed by atoms with Crippen molar-refractivity contribution in [1.82, 2.24) is 0 Å². The van der Waals surface area contributed by atoms with E-state index < -0.39 is 10.8 Å². The Kier molecular flexibility index (Phi) is 4.28. The summed E-state index contributed by atoms with van der Waals surface area (Å²) in [6.07, 6.45) is 4.82. The Balaban J connectivity index is 2.12. The Hall–Kier alpha value is -1.06. The highest BCUT2D eigenvalue weighted by atomic mass is 16.6. The summed E-state index contributed by atoms with van der Waals surface area (Å²) >= 11 is 0. The van der Waals surface area contributed by atoms with Crippen LogP contribution in [0.15, 0.2) is 0 Å². The number of carbonyl (C=O) groups excluding carboxylic acids is 2. The number of hydrogen-bond donors (Lipinski definition) is 0. The van der Waals surface area contributed by atoms with E-state index >= 15 is 0 Å². The molecule has 3 aliphatic rings. The number of ether oxygens (including phenoxy) is 2. The minimum Gasteiger partial charge on any atom is -0.465 e. The van der Waals surface area contributed by atoms with E-state index in [1.165, 1.54) is 6.42 Å². The van der Waals surface area contributed by atoms with Crippen molar-refractivity contribution in [1.29, 1.82) is 0 Å². The van der Waals surface area contributed by atoms with Gasteiger partial charge in [-0.2, -0.15) is 0 Å². The molecule has 142 valence electrons. The summed E-state index contributed by atoms with van der Waals surface area (Å²) in [5.74, 6) is 0.257. The number of fused-ring (bicyclic) bond motifs is 3. The second-order valence-electron chi connectivity index (χ2n) is 9.75. The maximum absolute atomic E-state index is 13.2. The highest BCUT2D eigenvalue weighted by molar-refractivity contribution is 6.02. The molecule has 0 unspecified atom stereocenters. The van der Waals surface area contributed by atoms with E-state index in [1.807, 2.05) is 13.8 Å². The standard InChI is InChI=1S/C21H34O4/c1-7-24-16(22)21(17(23)25-8-2)10-9-19(5)12-14-11-18(3,4)13-15(14)20(19,21)6/h14-15H,7-13H2,1-6H3/t14-,15-,19-,20+/m0/s1. The van der Waals surface area contributed by atoms with Crippen molar-refractivity contribution >= 4 is 11.9 Å². The van der Waals surface area contributed by atoms with Crippen molar-refractivity contribution in [2.75, 3.05) is 13.2 Å². The van der Waals surface area contributed by atoms with Crippen LogP contribution in [0.1, 0.15) is 73.6 Å². The van der Waals surface area contributed by atoms with Crippen LogP contribution < -0.4 is 0 Å². The third-order valence-corrected chi connectivity index (χ3v) is 8.05. The van der Waals surface area contributed by atoms with E-state index in [1.54, 1.807) is 0 Å². The van der Waals surface area contributed by atoms with E-state index in [9.17, 15) is 9.59 Å². The summed E-state index contributed by atoms with van der Waals surface area (Å²) in [6, 6.07) is 0. The van der Waals surface area contributed by atoms with Crippen LogP contribution in [0.2, 0.25) is 0 Å². The van der Waals surface area contributed by atoms with Crippen molar-refractivity contribution in [3.05, 3.63) is 0 Å². The molecule has 0 heterocycles. The molecule has 0 aliphatic heterocycles. The molecule has 25 heavy (non-hydrogen) atoms. The lowest BCUT2D eigenvalue weighted by atomic mass is 9.54. The molecule has 0 N–H and O–H groups in total. The minimum absolute atomic E-state index is 0.00163. The Morgan fingerprint density at radius 1 is 0.880 bits per heavy atom. The molecular formula is C21H34O4. The summed E-state index contributed by atoms with van der Waals surface area (Å²) in [4.78, 5) is 26.4. The first kappa shape index (κ1) is 18.7. The van der Waals surface area contributed by atoms with Gasteiger partial charge in [-0.3, -0.25) is 9.59 Å². The predicted molar refractivity (Wildman–Crippen MR) is 95.8 cm³/mol. The molecule has 0 aromatic heterocycles.